The molecule has 0 heterocycles. The van der Waals surface area contributed by atoms with Gasteiger partial charge in [0.2, 0.25) is 10.0 Å². The zero-order valence-corrected chi connectivity index (χ0v) is 14.2. The van der Waals surface area contributed by atoms with Crippen molar-refractivity contribution in [3.63, 3.8) is 0 Å². The minimum Gasteiger partial charge on any atom is -0.313 e. The molecule has 0 saturated heterocycles. The molecule has 5 heteroatoms. The monoisotopic (exact) mass is 312 g/mol. The molecule has 0 saturated carbocycles. The van der Waals surface area contributed by atoms with E-state index >= 15 is 0 Å². The Kier molecular flexibility index (Phi) is 7.93. The maximum absolute atomic E-state index is 12.3. The van der Waals surface area contributed by atoms with E-state index in [9.17, 15) is 8.42 Å². The van der Waals surface area contributed by atoms with Gasteiger partial charge in [0.1, 0.15) is 0 Å². The molecule has 0 atom stereocenters. The molecule has 0 aromatic heterocycles. The van der Waals surface area contributed by atoms with Crippen LogP contribution in [-0.4, -0.2) is 21.5 Å². The Morgan fingerprint density at radius 1 is 1.00 bits per heavy atom. The first kappa shape index (κ1) is 18.1. The van der Waals surface area contributed by atoms with Crippen LogP contribution in [0.2, 0.25) is 0 Å². The van der Waals surface area contributed by atoms with Crippen molar-refractivity contribution in [2.75, 3.05) is 13.1 Å². The molecule has 120 valence electrons. The number of hydrogen-bond donors (Lipinski definition) is 2. The number of benzene rings is 1. The van der Waals surface area contributed by atoms with Crippen LogP contribution in [-0.2, 0) is 23.0 Å². The number of sulfonamides is 1. The van der Waals surface area contributed by atoms with Crippen LogP contribution in [0.15, 0.2) is 23.1 Å². The third-order valence-electron chi connectivity index (χ3n) is 3.43. The molecule has 4 nitrogen and oxygen atoms in total. The van der Waals surface area contributed by atoms with Gasteiger partial charge in [-0.3, -0.25) is 0 Å². The standard InChI is InChI=1S/C16H28N2O2S/c1-4-7-11-18-21(19,20)16-9-8-14(6-3)15(12-16)13-17-10-5-2/h8-9,12,17-18H,4-7,10-11,13H2,1-3H3. The van der Waals surface area contributed by atoms with Gasteiger partial charge in [-0.2, -0.15) is 0 Å². The normalized spacial score (nSPS) is 11.8. The first-order valence-electron chi connectivity index (χ1n) is 7.87. The van der Waals surface area contributed by atoms with Crippen LogP contribution in [0.5, 0.6) is 0 Å². The van der Waals surface area contributed by atoms with Crippen molar-refractivity contribution < 1.29 is 8.42 Å². The Labute approximate surface area is 129 Å². The van der Waals surface area contributed by atoms with E-state index in [-0.39, 0.29) is 0 Å². The maximum atomic E-state index is 12.3. The summed E-state index contributed by atoms with van der Waals surface area (Å²) in [5.74, 6) is 0. The van der Waals surface area contributed by atoms with Crippen molar-refractivity contribution in [1.29, 1.82) is 0 Å². The minimum absolute atomic E-state index is 0.365. The Bertz CT molecular complexity index is 527. The summed E-state index contributed by atoms with van der Waals surface area (Å²) in [6.45, 7) is 8.41. The molecular formula is C16H28N2O2S. The quantitative estimate of drug-likeness (QED) is 0.653. The average Bonchev–Trinajstić information content (AvgIpc) is 2.47. The summed E-state index contributed by atoms with van der Waals surface area (Å²) in [6, 6.07) is 5.43. The fourth-order valence-corrected chi connectivity index (χ4v) is 3.27. The number of rotatable bonds is 10. The number of nitrogens with one attached hydrogen (secondary N) is 2. The maximum Gasteiger partial charge on any atom is 0.240 e. The summed E-state index contributed by atoms with van der Waals surface area (Å²) in [4.78, 5) is 0.365. The zero-order chi connectivity index (χ0) is 15.7. The van der Waals surface area contributed by atoms with Gasteiger partial charge in [-0.05, 0) is 49.1 Å². The highest BCUT2D eigenvalue weighted by molar-refractivity contribution is 7.89. The highest BCUT2D eigenvalue weighted by atomic mass is 32.2. The second kappa shape index (κ2) is 9.18. The van der Waals surface area contributed by atoms with E-state index in [4.69, 9.17) is 0 Å². The van der Waals surface area contributed by atoms with Gasteiger partial charge in [0, 0.05) is 13.1 Å². The Morgan fingerprint density at radius 2 is 1.76 bits per heavy atom. The molecule has 0 aliphatic heterocycles. The molecule has 1 aromatic rings. The van der Waals surface area contributed by atoms with E-state index in [0.717, 1.165) is 44.3 Å². The van der Waals surface area contributed by atoms with Crippen molar-refractivity contribution in [3.05, 3.63) is 29.3 Å². The highest BCUT2D eigenvalue weighted by Crippen LogP contribution is 2.17. The Morgan fingerprint density at radius 3 is 2.38 bits per heavy atom. The largest absolute Gasteiger partial charge is 0.313 e. The molecule has 0 bridgehead atoms. The van der Waals surface area contributed by atoms with Crippen molar-refractivity contribution in [3.8, 4) is 0 Å². The van der Waals surface area contributed by atoms with E-state index in [1.807, 2.05) is 13.0 Å². The summed E-state index contributed by atoms with van der Waals surface area (Å²) in [5.41, 5.74) is 2.27. The number of aryl methyl sites for hydroxylation is 1. The minimum atomic E-state index is -3.39. The molecule has 2 N–H and O–H groups in total. The van der Waals surface area contributed by atoms with Crippen LogP contribution in [0, 0.1) is 0 Å². The van der Waals surface area contributed by atoms with Crippen LogP contribution in [0.1, 0.15) is 51.2 Å². The molecule has 0 aliphatic carbocycles. The van der Waals surface area contributed by atoms with Gasteiger partial charge in [-0.25, -0.2) is 13.1 Å². The van der Waals surface area contributed by atoms with Crippen LogP contribution >= 0.6 is 0 Å². The zero-order valence-electron chi connectivity index (χ0n) is 13.4. The molecule has 0 unspecified atom stereocenters. The van der Waals surface area contributed by atoms with Gasteiger partial charge in [-0.1, -0.05) is 33.3 Å². The third kappa shape index (κ3) is 5.77. The van der Waals surface area contributed by atoms with E-state index < -0.39 is 10.0 Å². The lowest BCUT2D eigenvalue weighted by Crippen LogP contribution is -2.25. The molecule has 0 aliphatic rings. The Balaban J connectivity index is 2.90. The van der Waals surface area contributed by atoms with Crippen molar-refractivity contribution in [2.24, 2.45) is 0 Å². The van der Waals surface area contributed by atoms with E-state index in [1.165, 1.54) is 5.56 Å². The van der Waals surface area contributed by atoms with E-state index in [1.54, 1.807) is 12.1 Å². The van der Waals surface area contributed by atoms with Crippen LogP contribution in [0.25, 0.3) is 0 Å². The predicted octanol–water partition coefficient (Wildman–Crippen LogP) is 2.83. The van der Waals surface area contributed by atoms with E-state index in [2.05, 4.69) is 23.9 Å². The van der Waals surface area contributed by atoms with Gasteiger partial charge >= 0.3 is 0 Å². The SMILES string of the molecule is CCCCNS(=O)(=O)c1ccc(CC)c(CNCCC)c1. The summed E-state index contributed by atoms with van der Waals surface area (Å²) < 4.78 is 27.2. The molecular weight excluding hydrogens is 284 g/mol. The lowest BCUT2D eigenvalue weighted by molar-refractivity contribution is 0.578. The first-order valence-corrected chi connectivity index (χ1v) is 9.35. The fraction of sp³-hybridized carbons (Fsp3) is 0.625. The smallest absolute Gasteiger partial charge is 0.240 e. The summed E-state index contributed by atoms with van der Waals surface area (Å²) in [7, 11) is -3.39. The number of unbranched alkanes of at least 4 members (excludes halogenated alkanes) is 1. The first-order chi connectivity index (χ1) is 10.0. The van der Waals surface area contributed by atoms with Crippen LogP contribution < -0.4 is 10.0 Å². The summed E-state index contributed by atoms with van der Waals surface area (Å²) in [6.07, 6.45) is 3.81. The predicted molar refractivity (Wildman–Crippen MR) is 87.9 cm³/mol. The van der Waals surface area contributed by atoms with Gasteiger partial charge in [0.25, 0.3) is 0 Å². The molecule has 0 radical (unpaired) electrons. The third-order valence-corrected chi connectivity index (χ3v) is 4.89. The average molecular weight is 312 g/mol. The topological polar surface area (TPSA) is 58.2 Å². The van der Waals surface area contributed by atoms with Gasteiger partial charge in [-0.15, -0.1) is 0 Å². The highest BCUT2D eigenvalue weighted by Gasteiger charge is 2.15. The summed E-state index contributed by atoms with van der Waals surface area (Å²) in [5, 5.41) is 3.34. The summed E-state index contributed by atoms with van der Waals surface area (Å²) >= 11 is 0. The van der Waals surface area contributed by atoms with Crippen molar-refractivity contribution in [1.82, 2.24) is 10.0 Å². The molecule has 21 heavy (non-hydrogen) atoms. The van der Waals surface area contributed by atoms with Crippen molar-refractivity contribution in [2.45, 2.75) is 57.9 Å². The van der Waals surface area contributed by atoms with Gasteiger partial charge < -0.3 is 5.32 Å². The lowest BCUT2D eigenvalue weighted by Gasteiger charge is -2.12. The fourth-order valence-electron chi connectivity index (χ4n) is 2.15. The van der Waals surface area contributed by atoms with Crippen LogP contribution in [0.3, 0.4) is 0 Å². The molecule has 0 amide bonds. The second-order valence-corrected chi connectivity index (χ2v) is 6.98. The molecule has 1 rings (SSSR count). The van der Waals surface area contributed by atoms with E-state index in [0.29, 0.717) is 11.4 Å². The second-order valence-electron chi connectivity index (χ2n) is 5.21. The molecule has 0 fully saturated rings. The van der Waals surface area contributed by atoms with Gasteiger partial charge in [0.05, 0.1) is 4.90 Å². The Hall–Kier alpha value is -0.910. The molecule has 0 spiro atoms. The number of hydrogen-bond acceptors (Lipinski definition) is 3. The van der Waals surface area contributed by atoms with Crippen LogP contribution in [0.4, 0.5) is 0 Å². The van der Waals surface area contributed by atoms with Crippen molar-refractivity contribution >= 4 is 10.0 Å². The molecule has 1 aromatic carbocycles. The van der Waals surface area contributed by atoms with Gasteiger partial charge in [0.15, 0.2) is 0 Å². The lowest BCUT2D eigenvalue weighted by atomic mass is 10.1.